The predicted octanol–water partition coefficient (Wildman–Crippen LogP) is 3.77. The van der Waals surface area contributed by atoms with Crippen LogP contribution in [0.5, 0.6) is 5.75 Å². The van der Waals surface area contributed by atoms with Crippen LogP contribution in [0.1, 0.15) is 56.2 Å². The highest BCUT2D eigenvalue weighted by Crippen LogP contribution is 2.74. The van der Waals surface area contributed by atoms with Gasteiger partial charge in [-0.05, 0) is 70.3 Å². The number of piperidine rings is 1. The molecule has 1 saturated carbocycles. The Kier molecular flexibility index (Phi) is 3.68. The quantitative estimate of drug-likeness (QED) is 0.769. The Bertz CT molecular complexity index is 954. The van der Waals surface area contributed by atoms with Gasteiger partial charge in [-0.15, -0.1) is 0 Å². The Balaban J connectivity index is 1.65. The molecular formula is C26H35NO3. The maximum atomic E-state index is 11.7. The first-order valence-corrected chi connectivity index (χ1v) is 11.7. The van der Waals surface area contributed by atoms with Crippen molar-refractivity contribution in [2.24, 2.45) is 11.3 Å². The molecule has 2 spiro atoms. The summed E-state index contributed by atoms with van der Waals surface area (Å²) in [6.45, 7) is 7.45. The average molecular weight is 410 g/mol. The molecule has 7 atom stereocenters. The van der Waals surface area contributed by atoms with Crippen LogP contribution < -0.4 is 4.74 Å². The van der Waals surface area contributed by atoms with Crippen LogP contribution in [-0.2, 0) is 16.6 Å². The molecule has 2 aliphatic heterocycles. The maximum absolute atomic E-state index is 11.7. The molecule has 0 radical (unpaired) electrons. The number of benzene rings is 1. The summed E-state index contributed by atoms with van der Waals surface area (Å²) in [5.74, 6) is 1.09. The second-order valence-corrected chi connectivity index (χ2v) is 11.0. The van der Waals surface area contributed by atoms with Gasteiger partial charge in [0, 0.05) is 30.0 Å². The van der Waals surface area contributed by atoms with E-state index in [-0.39, 0.29) is 22.9 Å². The van der Waals surface area contributed by atoms with Crippen molar-refractivity contribution in [3.05, 3.63) is 41.0 Å². The van der Waals surface area contributed by atoms with E-state index in [1.807, 2.05) is 14.0 Å². The third-order valence-corrected chi connectivity index (χ3v) is 9.69. The van der Waals surface area contributed by atoms with Crippen molar-refractivity contribution >= 4 is 0 Å². The zero-order valence-electron chi connectivity index (χ0n) is 19.0. The predicted molar refractivity (Wildman–Crippen MR) is 117 cm³/mol. The van der Waals surface area contributed by atoms with Crippen LogP contribution in [0.3, 0.4) is 0 Å². The third-order valence-electron chi connectivity index (χ3n) is 9.69. The fourth-order valence-corrected chi connectivity index (χ4v) is 8.65. The number of likely N-dealkylation sites (tertiary alicyclic amines) is 1. The zero-order valence-corrected chi connectivity index (χ0v) is 19.0. The van der Waals surface area contributed by atoms with Gasteiger partial charge >= 0.3 is 0 Å². The number of aryl methyl sites for hydroxylation is 1. The highest BCUT2D eigenvalue weighted by molar-refractivity contribution is 5.62. The molecular weight excluding hydrogens is 374 g/mol. The molecule has 4 nitrogen and oxygen atoms in total. The van der Waals surface area contributed by atoms with E-state index in [2.05, 4.69) is 50.1 Å². The smallest absolute Gasteiger partial charge is 0.142 e. The summed E-state index contributed by atoms with van der Waals surface area (Å²) >= 11 is 0. The average Bonchev–Trinajstić information content (AvgIpc) is 3.05. The minimum absolute atomic E-state index is 0.0130. The van der Waals surface area contributed by atoms with Gasteiger partial charge in [-0.1, -0.05) is 31.6 Å². The number of hydrogen-bond acceptors (Lipinski definition) is 4. The SMILES string of the molecule is CCCC(C)(O)[C@H]1C[C@@]23C=C[C@]1(OC)[C@@H]1Oc4cc(C)cc5c4[C@@]12CCN(C)[C@@H]3C5. The standard InChI is InChI=1S/C26H35NO3/c1-6-7-23(3,28)19-15-24-8-9-26(19,29-5)22-25(24)10-11-27(4)20(24)14-17-12-16(2)13-18(30-22)21(17)25/h8-9,12-13,19-20,22,28H,6-7,10-11,14-15H2,1-5H3/t19-,20-,22-,23?,24-,25+,26-/m1/s1. The van der Waals surface area contributed by atoms with E-state index >= 15 is 0 Å². The van der Waals surface area contributed by atoms with E-state index < -0.39 is 11.2 Å². The van der Waals surface area contributed by atoms with Crippen LogP contribution in [0.15, 0.2) is 24.3 Å². The Labute approximate surface area is 180 Å². The van der Waals surface area contributed by atoms with Gasteiger partial charge in [-0.25, -0.2) is 0 Å². The summed E-state index contributed by atoms with van der Waals surface area (Å²) < 4.78 is 13.3. The highest BCUT2D eigenvalue weighted by atomic mass is 16.6. The molecule has 4 aliphatic carbocycles. The molecule has 4 heteroatoms. The van der Waals surface area contributed by atoms with Crippen LogP contribution in [0.4, 0.5) is 0 Å². The first kappa shape index (κ1) is 19.3. The molecule has 2 fully saturated rings. The number of rotatable bonds is 4. The van der Waals surface area contributed by atoms with Crippen LogP contribution >= 0.6 is 0 Å². The van der Waals surface area contributed by atoms with Gasteiger partial charge in [-0.3, -0.25) is 0 Å². The monoisotopic (exact) mass is 409 g/mol. The molecule has 0 aromatic heterocycles. The van der Waals surface area contributed by atoms with Gasteiger partial charge in [0.05, 0.1) is 11.0 Å². The fraction of sp³-hybridized carbons (Fsp3) is 0.692. The Morgan fingerprint density at radius 1 is 1.33 bits per heavy atom. The van der Waals surface area contributed by atoms with E-state index in [1.165, 1.54) is 16.7 Å². The minimum atomic E-state index is -0.786. The molecule has 162 valence electrons. The lowest BCUT2D eigenvalue weighted by Gasteiger charge is -2.72. The number of fused-ring (bicyclic) bond motifs is 1. The van der Waals surface area contributed by atoms with E-state index in [4.69, 9.17) is 9.47 Å². The molecule has 4 bridgehead atoms. The van der Waals surface area contributed by atoms with Gasteiger partial charge in [0.1, 0.15) is 17.5 Å². The van der Waals surface area contributed by atoms with Gasteiger partial charge in [-0.2, -0.15) is 0 Å². The van der Waals surface area contributed by atoms with Gasteiger partial charge in [0.2, 0.25) is 0 Å². The molecule has 1 saturated heterocycles. The summed E-state index contributed by atoms with van der Waals surface area (Å²) in [4.78, 5) is 2.58. The van der Waals surface area contributed by atoms with Crippen molar-refractivity contribution in [2.75, 3.05) is 20.7 Å². The topological polar surface area (TPSA) is 41.9 Å². The van der Waals surface area contributed by atoms with Crippen molar-refractivity contribution in [3.63, 3.8) is 0 Å². The Morgan fingerprint density at radius 2 is 2.13 bits per heavy atom. The Morgan fingerprint density at radius 3 is 2.87 bits per heavy atom. The number of methoxy groups -OCH3 is 1. The lowest BCUT2D eigenvalue weighted by Crippen LogP contribution is -2.80. The highest BCUT2D eigenvalue weighted by Gasteiger charge is 2.79. The second-order valence-electron chi connectivity index (χ2n) is 11.0. The van der Waals surface area contributed by atoms with E-state index in [9.17, 15) is 5.11 Å². The molecule has 7 rings (SSSR count). The molecule has 6 aliphatic rings. The van der Waals surface area contributed by atoms with Crippen LogP contribution in [-0.4, -0.2) is 54.1 Å². The van der Waals surface area contributed by atoms with Crippen molar-refractivity contribution in [3.8, 4) is 5.75 Å². The van der Waals surface area contributed by atoms with Crippen LogP contribution in [0.25, 0.3) is 0 Å². The molecule has 30 heavy (non-hydrogen) atoms. The van der Waals surface area contributed by atoms with E-state index in [1.54, 1.807) is 0 Å². The summed E-state index contributed by atoms with van der Waals surface area (Å²) in [5.41, 5.74) is 2.76. The van der Waals surface area contributed by atoms with Crippen LogP contribution in [0, 0.1) is 18.3 Å². The van der Waals surface area contributed by atoms with Crippen molar-refractivity contribution < 1.29 is 14.6 Å². The van der Waals surface area contributed by atoms with Crippen LogP contribution in [0.2, 0.25) is 0 Å². The second kappa shape index (κ2) is 5.70. The third kappa shape index (κ3) is 1.88. The summed E-state index contributed by atoms with van der Waals surface area (Å²) in [6, 6.07) is 5.06. The summed E-state index contributed by atoms with van der Waals surface area (Å²) in [5, 5.41) is 11.7. The Hall–Kier alpha value is -1.36. The van der Waals surface area contributed by atoms with Crippen molar-refractivity contribution in [1.82, 2.24) is 4.90 Å². The number of ether oxygens (including phenoxy) is 2. The van der Waals surface area contributed by atoms with Gasteiger partial charge in [0.25, 0.3) is 0 Å². The lowest BCUT2D eigenvalue weighted by atomic mass is 9.36. The van der Waals surface area contributed by atoms with Gasteiger partial charge in [0.15, 0.2) is 0 Å². The molecule has 1 aromatic rings. The normalized spacial score (nSPS) is 44.5. The molecule has 2 heterocycles. The molecule has 1 unspecified atom stereocenters. The molecule has 1 N–H and O–H groups in total. The maximum Gasteiger partial charge on any atom is 0.142 e. The molecule has 1 aromatic carbocycles. The lowest BCUT2D eigenvalue weighted by molar-refractivity contribution is -0.247. The van der Waals surface area contributed by atoms with Crippen molar-refractivity contribution in [2.45, 2.75) is 81.6 Å². The minimum Gasteiger partial charge on any atom is -0.486 e. The van der Waals surface area contributed by atoms with Crippen molar-refractivity contribution in [1.29, 1.82) is 0 Å². The van der Waals surface area contributed by atoms with Gasteiger partial charge < -0.3 is 19.5 Å². The summed E-state index contributed by atoms with van der Waals surface area (Å²) in [6.07, 6.45) is 9.57. The zero-order chi connectivity index (χ0) is 21.1. The van der Waals surface area contributed by atoms with E-state index in [0.717, 1.165) is 44.4 Å². The number of likely N-dealkylation sites (N-methyl/N-ethyl adjacent to an activating group) is 1. The largest absolute Gasteiger partial charge is 0.486 e. The number of nitrogens with zero attached hydrogens (tertiary/aromatic N) is 1. The first-order valence-electron chi connectivity index (χ1n) is 11.7. The number of hydrogen-bond donors (Lipinski definition) is 1. The summed E-state index contributed by atoms with van der Waals surface area (Å²) in [7, 11) is 4.11. The molecule has 0 amide bonds. The number of aliphatic hydroxyl groups is 1. The fourth-order valence-electron chi connectivity index (χ4n) is 8.65. The van der Waals surface area contributed by atoms with E-state index in [0.29, 0.717) is 6.04 Å². The first-order chi connectivity index (χ1) is 14.3.